The van der Waals surface area contributed by atoms with E-state index >= 15 is 0 Å². The number of benzene rings is 1. The SMILES string of the molecule is CCC(O)CN(CCOC)Cc1ccccc1F. The lowest BCUT2D eigenvalue weighted by atomic mass is 10.2. The Morgan fingerprint density at radius 3 is 2.72 bits per heavy atom. The molecular formula is C14H22FNO2. The summed E-state index contributed by atoms with van der Waals surface area (Å²) in [7, 11) is 1.64. The van der Waals surface area contributed by atoms with Crippen molar-refractivity contribution in [3.63, 3.8) is 0 Å². The van der Waals surface area contributed by atoms with Crippen molar-refractivity contribution in [2.75, 3.05) is 26.8 Å². The number of rotatable bonds is 8. The lowest BCUT2D eigenvalue weighted by Crippen LogP contribution is -2.34. The summed E-state index contributed by atoms with van der Waals surface area (Å²) in [6, 6.07) is 6.73. The number of hydrogen-bond donors (Lipinski definition) is 1. The predicted octanol–water partition coefficient (Wildman–Crippen LogP) is 2.04. The van der Waals surface area contributed by atoms with Crippen LogP contribution in [-0.4, -0.2) is 42.9 Å². The van der Waals surface area contributed by atoms with Gasteiger partial charge in [-0.1, -0.05) is 25.1 Å². The van der Waals surface area contributed by atoms with E-state index in [-0.39, 0.29) is 11.9 Å². The fourth-order valence-electron chi connectivity index (χ4n) is 1.75. The Bertz CT molecular complexity index is 346. The van der Waals surface area contributed by atoms with Crippen molar-refractivity contribution < 1.29 is 14.2 Å². The van der Waals surface area contributed by atoms with Crippen LogP contribution in [0.3, 0.4) is 0 Å². The second-order valence-corrected chi connectivity index (χ2v) is 4.38. The molecule has 0 saturated heterocycles. The minimum absolute atomic E-state index is 0.203. The summed E-state index contributed by atoms with van der Waals surface area (Å²) in [5, 5.41) is 9.70. The molecule has 1 aromatic rings. The average molecular weight is 255 g/mol. The molecule has 0 amide bonds. The summed E-state index contributed by atoms with van der Waals surface area (Å²) in [6.07, 6.45) is 0.314. The number of halogens is 1. The molecule has 1 unspecified atom stereocenters. The van der Waals surface area contributed by atoms with Gasteiger partial charge in [-0.3, -0.25) is 4.90 Å². The van der Waals surface area contributed by atoms with Crippen molar-refractivity contribution in [2.24, 2.45) is 0 Å². The monoisotopic (exact) mass is 255 g/mol. The summed E-state index contributed by atoms with van der Waals surface area (Å²) in [5.74, 6) is -0.203. The van der Waals surface area contributed by atoms with E-state index in [0.29, 0.717) is 38.2 Å². The van der Waals surface area contributed by atoms with Crippen LogP contribution in [-0.2, 0) is 11.3 Å². The molecule has 0 bridgehead atoms. The molecule has 0 aromatic heterocycles. The molecule has 102 valence electrons. The molecule has 1 aromatic carbocycles. The first-order chi connectivity index (χ1) is 8.67. The molecular weight excluding hydrogens is 233 g/mol. The van der Waals surface area contributed by atoms with Gasteiger partial charge in [0.25, 0.3) is 0 Å². The quantitative estimate of drug-likeness (QED) is 0.771. The van der Waals surface area contributed by atoms with Crippen LogP contribution >= 0.6 is 0 Å². The van der Waals surface area contributed by atoms with Crippen LogP contribution in [0, 0.1) is 5.82 Å². The van der Waals surface area contributed by atoms with E-state index in [2.05, 4.69) is 0 Å². The van der Waals surface area contributed by atoms with Gasteiger partial charge in [0, 0.05) is 32.3 Å². The van der Waals surface area contributed by atoms with Crippen LogP contribution in [0.25, 0.3) is 0 Å². The zero-order valence-corrected chi connectivity index (χ0v) is 11.1. The highest BCUT2D eigenvalue weighted by Crippen LogP contribution is 2.10. The summed E-state index contributed by atoms with van der Waals surface area (Å²) < 4.78 is 18.6. The highest BCUT2D eigenvalue weighted by Gasteiger charge is 2.12. The fourth-order valence-corrected chi connectivity index (χ4v) is 1.75. The normalized spacial score (nSPS) is 12.9. The van der Waals surface area contributed by atoms with Crippen molar-refractivity contribution in [1.29, 1.82) is 0 Å². The molecule has 3 nitrogen and oxygen atoms in total. The number of methoxy groups -OCH3 is 1. The second-order valence-electron chi connectivity index (χ2n) is 4.38. The van der Waals surface area contributed by atoms with Gasteiger partial charge >= 0.3 is 0 Å². The zero-order valence-electron chi connectivity index (χ0n) is 11.1. The first-order valence-electron chi connectivity index (χ1n) is 6.30. The third-order valence-corrected chi connectivity index (χ3v) is 2.90. The number of aliphatic hydroxyl groups excluding tert-OH is 1. The van der Waals surface area contributed by atoms with Gasteiger partial charge in [-0.15, -0.1) is 0 Å². The van der Waals surface area contributed by atoms with Gasteiger partial charge in [0.1, 0.15) is 5.82 Å². The molecule has 0 aliphatic heterocycles. The Labute approximate surface area is 108 Å². The third-order valence-electron chi connectivity index (χ3n) is 2.90. The first-order valence-corrected chi connectivity index (χ1v) is 6.30. The van der Waals surface area contributed by atoms with Gasteiger partial charge in [0.05, 0.1) is 12.7 Å². The third kappa shape index (κ3) is 5.12. The molecule has 0 radical (unpaired) electrons. The van der Waals surface area contributed by atoms with Crippen LogP contribution < -0.4 is 0 Å². The molecule has 0 aliphatic carbocycles. The fraction of sp³-hybridized carbons (Fsp3) is 0.571. The topological polar surface area (TPSA) is 32.7 Å². The minimum Gasteiger partial charge on any atom is -0.392 e. The Balaban J connectivity index is 2.62. The molecule has 0 saturated carbocycles. The van der Waals surface area contributed by atoms with Crippen molar-refractivity contribution in [2.45, 2.75) is 26.0 Å². The molecule has 0 spiro atoms. The van der Waals surface area contributed by atoms with Gasteiger partial charge in [0.2, 0.25) is 0 Å². The predicted molar refractivity (Wildman–Crippen MR) is 69.9 cm³/mol. The van der Waals surface area contributed by atoms with E-state index in [4.69, 9.17) is 4.74 Å². The van der Waals surface area contributed by atoms with E-state index in [0.717, 1.165) is 0 Å². The number of ether oxygens (including phenoxy) is 1. The number of hydrogen-bond acceptors (Lipinski definition) is 3. The Kier molecular flexibility index (Phi) is 6.86. The smallest absolute Gasteiger partial charge is 0.127 e. The van der Waals surface area contributed by atoms with E-state index in [1.165, 1.54) is 6.07 Å². The Hall–Kier alpha value is -0.970. The zero-order chi connectivity index (χ0) is 13.4. The van der Waals surface area contributed by atoms with Crippen LogP contribution in [0.15, 0.2) is 24.3 Å². The van der Waals surface area contributed by atoms with E-state index < -0.39 is 0 Å². The first kappa shape index (κ1) is 15.1. The van der Waals surface area contributed by atoms with Crippen molar-refractivity contribution >= 4 is 0 Å². The lowest BCUT2D eigenvalue weighted by molar-refractivity contribution is 0.0824. The maximum atomic E-state index is 13.6. The summed E-state index contributed by atoms with van der Waals surface area (Å²) in [4.78, 5) is 2.01. The molecule has 0 fully saturated rings. The molecule has 1 atom stereocenters. The highest BCUT2D eigenvalue weighted by molar-refractivity contribution is 5.17. The van der Waals surface area contributed by atoms with Crippen LogP contribution in [0.2, 0.25) is 0 Å². The maximum absolute atomic E-state index is 13.6. The van der Waals surface area contributed by atoms with E-state index in [1.54, 1.807) is 19.2 Å². The molecule has 0 aliphatic rings. The van der Waals surface area contributed by atoms with Gasteiger partial charge < -0.3 is 9.84 Å². The van der Waals surface area contributed by atoms with Crippen LogP contribution in [0.4, 0.5) is 4.39 Å². The van der Waals surface area contributed by atoms with Gasteiger partial charge in [-0.25, -0.2) is 4.39 Å². The van der Waals surface area contributed by atoms with Crippen LogP contribution in [0.5, 0.6) is 0 Å². The maximum Gasteiger partial charge on any atom is 0.127 e. The second kappa shape index (κ2) is 8.19. The largest absolute Gasteiger partial charge is 0.392 e. The number of nitrogens with zero attached hydrogens (tertiary/aromatic N) is 1. The highest BCUT2D eigenvalue weighted by atomic mass is 19.1. The summed E-state index contributed by atoms with van der Waals surface area (Å²) in [6.45, 7) is 4.22. The molecule has 4 heteroatoms. The summed E-state index contributed by atoms with van der Waals surface area (Å²) in [5.41, 5.74) is 0.650. The van der Waals surface area contributed by atoms with Crippen molar-refractivity contribution in [1.82, 2.24) is 4.90 Å². The minimum atomic E-state index is -0.381. The van der Waals surface area contributed by atoms with Crippen LogP contribution in [0.1, 0.15) is 18.9 Å². The van der Waals surface area contributed by atoms with Gasteiger partial charge in [-0.2, -0.15) is 0 Å². The average Bonchev–Trinajstić information content (AvgIpc) is 2.38. The Morgan fingerprint density at radius 1 is 1.39 bits per heavy atom. The molecule has 1 rings (SSSR count). The standard InChI is InChI=1S/C14H22FNO2/c1-3-13(17)11-16(8-9-18-2)10-12-6-4-5-7-14(12)15/h4-7,13,17H,3,8-11H2,1-2H3. The lowest BCUT2D eigenvalue weighted by Gasteiger charge is -2.24. The van der Waals surface area contributed by atoms with E-state index in [1.807, 2.05) is 17.9 Å². The Morgan fingerprint density at radius 2 is 2.11 bits per heavy atom. The summed E-state index contributed by atoms with van der Waals surface area (Å²) >= 11 is 0. The van der Waals surface area contributed by atoms with Crippen molar-refractivity contribution in [3.8, 4) is 0 Å². The molecule has 1 N–H and O–H groups in total. The van der Waals surface area contributed by atoms with Gasteiger partial charge in [0.15, 0.2) is 0 Å². The number of aliphatic hydroxyl groups is 1. The molecule has 18 heavy (non-hydrogen) atoms. The van der Waals surface area contributed by atoms with E-state index in [9.17, 15) is 9.50 Å². The van der Waals surface area contributed by atoms with Gasteiger partial charge in [-0.05, 0) is 12.5 Å². The molecule has 0 heterocycles. The van der Waals surface area contributed by atoms with Crippen molar-refractivity contribution in [3.05, 3.63) is 35.6 Å².